The van der Waals surface area contributed by atoms with Crippen LogP contribution in [0.4, 0.5) is 5.69 Å². The first-order valence-electron chi connectivity index (χ1n) is 5.86. The zero-order valence-corrected chi connectivity index (χ0v) is 12.6. The standard InChI is InChI=1S/C15H11IN2O2/c16-12-3-1-11(2-4-12)15(19)18-13-5-7-14(8-6-13)20-10-9-17/h1-8H,10H2,(H,18,19). The first kappa shape index (κ1) is 14.3. The minimum Gasteiger partial charge on any atom is -0.479 e. The minimum absolute atomic E-state index is 0.00829. The third-order valence-corrected chi connectivity index (χ3v) is 3.24. The summed E-state index contributed by atoms with van der Waals surface area (Å²) in [6, 6.07) is 16.1. The Kier molecular flexibility index (Phi) is 4.96. The van der Waals surface area contributed by atoms with Crippen LogP contribution >= 0.6 is 22.6 Å². The molecule has 0 aliphatic rings. The number of halogens is 1. The summed E-state index contributed by atoms with van der Waals surface area (Å²) in [6.45, 7) is 0.00829. The van der Waals surface area contributed by atoms with Gasteiger partial charge in [0.15, 0.2) is 6.61 Å². The van der Waals surface area contributed by atoms with Crippen LogP contribution in [0.2, 0.25) is 0 Å². The molecular weight excluding hydrogens is 367 g/mol. The van der Waals surface area contributed by atoms with E-state index in [9.17, 15) is 4.79 Å². The molecule has 1 amide bonds. The van der Waals surface area contributed by atoms with Crippen molar-refractivity contribution in [1.82, 2.24) is 0 Å². The molecule has 2 aromatic rings. The average Bonchev–Trinajstić information content (AvgIpc) is 2.47. The highest BCUT2D eigenvalue weighted by Gasteiger charge is 2.05. The fourth-order valence-electron chi connectivity index (χ4n) is 1.55. The van der Waals surface area contributed by atoms with Gasteiger partial charge in [0.05, 0.1) is 0 Å². The molecule has 0 heterocycles. The van der Waals surface area contributed by atoms with Crippen molar-refractivity contribution in [3.8, 4) is 11.8 Å². The molecule has 4 nitrogen and oxygen atoms in total. The maximum Gasteiger partial charge on any atom is 0.255 e. The fraction of sp³-hybridized carbons (Fsp3) is 0.0667. The summed E-state index contributed by atoms with van der Waals surface area (Å²) < 4.78 is 6.22. The number of benzene rings is 2. The van der Waals surface area contributed by atoms with Gasteiger partial charge in [0.2, 0.25) is 0 Å². The van der Waals surface area contributed by atoms with E-state index >= 15 is 0 Å². The molecule has 5 heteroatoms. The molecule has 2 aromatic carbocycles. The number of rotatable bonds is 4. The molecule has 0 atom stereocenters. The quantitative estimate of drug-likeness (QED) is 0.830. The van der Waals surface area contributed by atoms with Gasteiger partial charge in [-0.3, -0.25) is 4.79 Å². The summed E-state index contributed by atoms with van der Waals surface area (Å²) in [6.07, 6.45) is 0. The van der Waals surface area contributed by atoms with Gasteiger partial charge in [0.1, 0.15) is 11.8 Å². The Morgan fingerprint density at radius 2 is 1.80 bits per heavy atom. The molecule has 0 aromatic heterocycles. The van der Waals surface area contributed by atoms with Crippen molar-refractivity contribution in [1.29, 1.82) is 5.26 Å². The maximum absolute atomic E-state index is 12.0. The van der Waals surface area contributed by atoms with E-state index in [0.29, 0.717) is 17.0 Å². The van der Waals surface area contributed by atoms with E-state index in [0.717, 1.165) is 3.57 Å². The van der Waals surface area contributed by atoms with Crippen molar-refractivity contribution in [2.75, 3.05) is 11.9 Å². The summed E-state index contributed by atoms with van der Waals surface area (Å²) >= 11 is 2.19. The van der Waals surface area contributed by atoms with Gasteiger partial charge in [-0.1, -0.05) is 0 Å². The number of hydrogen-bond acceptors (Lipinski definition) is 3. The number of hydrogen-bond donors (Lipinski definition) is 1. The van der Waals surface area contributed by atoms with Gasteiger partial charge in [0, 0.05) is 14.8 Å². The monoisotopic (exact) mass is 378 g/mol. The van der Waals surface area contributed by atoms with Gasteiger partial charge >= 0.3 is 0 Å². The first-order chi connectivity index (χ1) is 9.69. The Balaban J connectivity index is 2.01. The van der Waals surface area contributed by atoms with Crippen LogP contribution in [0.15, 0.2) is 48.5 Å². The summed E-state index contributed by atoms with van der Waals surface area (Å²) in [5.41, 5.74) is 1.29. The van der Waals surface area contributed by atoms with Crippen LogP contribution in [0.25, 0.3) is 0 Å². The molecule has 0 unspecified atom stereocenters. The molecule has 0 spiro atoms. The van der Waals surface area contributed by atoms with Gasteiger partial charge in [-0.2, -0.15) is 5.26 Å². The van der Waals surface area contributed by atoms with E-state index in [4.69, 9.17) is 10.00 Å². The lowest BCUT2D eigenvalue weighted by atomic mass is 10.2. The Morgan fingerprint density at radius 1 is 1.15 bits per heavy atom. The van der Waals surface area contributed by atoms with E-state index in [2.05, 4.69) is 27.9 Å². The summed E-state index contributed by atoms with van der Waals surface area (Å²) in [5.74, 6) is 0.436. The van der Waals surface area contributed by atoms with Crippen molar-refractivity contribution >= 4 is 34.2 Å². The van der Waals surface area contributed by atoms with Gasteiger partial charge < -0.3 is 10.1 Å². The zero-order chi connectivity index (χ0) is 14.4. The van der Waals surface area contributed by atoms with E-state index < -0.39 is 0 Å². The third-order valence-electron chi connectivity index (χ3n) is 2.52. The van der Waals surface area contributed by atoms with Crippen molar-refractivity contribution in [3.63, 3.8) is 0 Å². The van der Waals surface area contributed by atoms with Crippen LogP contribution in [0.5, 0.6) is 5.75 Å². The second-order valence-electron chi connectivity index (χ2n) is 3.93. The van der Waals surface area contributed by atoms with Crippen LogP contribution in [0.3, 0.4) is 0 Å². The van der Waals surface area contributed by atoms with E-state index in [-0.39, 0.29) is 12.5 Å². The highest BCUT2D eigenvalue weighted by molar-refractivity contribution is 14.1. The SMILES string of the molecule is N#CCOc1ccc(NC(=O)c2ccc(I)cc2)cc1. The van der Waals surface area contributed by atoms with E-state index in [1.165, 1.54) is 0 Å². The number of nitrogens with one attached hydrogen (secondary N) is 1. The summed E-state index contributed by atoms with van der Waals surface area (Å²) in [5, 5.41) is 11.2. The molecule has 2 rings (SSSR count). The fourth-order valence-corrected chi connectivity index (χ4v) is 1.91. The second-order valence-corrected chi connectivity index (χ2v) is 5.18. The van der Waals surface area contributed by atoms with Crippen LogP contribution in [0.1, 0.15) is 10.4 Å². The Labute approximate surface area is 130 Å². The Bertz CT molecular complexity index is 630. The van der Waals surface area contributed by atoms with Gasteiger partial charge in [-0.05, 0) is 71.1 Å². The highest BCUT2D eigenvalue weighted by Crippen LogP contribution is 2.16. The van der Waals surface area contributed by atoms with Crippen LogP contribution < -0.4 is 10.1 Å². The molecule has 1 N–H and O–H groups in total. The normalized spacial score (nSPS) is 9.60. The van der Waals surface area contributed by atoms with Crippen molar-refractivity contribution in [2.45, 2.75) is 0 Å². The first-order valence-corrected chi connectivity index (χ1v) is 6.93. The number of amides is 1. The van der Waals surface area contributed by atoms with Gasteiger partial charge in [0.25, 0.3) is 5.91 Å². The molecule has 0 saturated heterocycles. The largest absolute Gasteiger partial charge is 0.479 e. The molecule has 0 aliphatic heterocycles. The average molecular weight is 378 g/mol. The molecular formula is C15H11IN2O2. The Morgan fingerprint density at radius 3 is 2.40 bits per heavy atom. The molecule has 0 bridgehead atoms. The van der Waals surface area contributed by atoms with Gasteiger partial charge in [-0.25, -0.2) is 0 Å². The van der Waals surface area contributed by atoms with Crippen molar-refractivity contribution < 1.29 is 9.53 Å². The predicted molar refractivity (Wildman–Crippen MR) is 84.7 cm³/mol. The highest BCUT2D eigenvalue weighted by atomic mass is 127. The van der Waals surface area contributed by atoms with Crippen LogP contribution in [-0.2, 0) is 0 Å². The Hall–Kier alpha value is -2.07. The van der Waals surface area contributed by atoms with Crippen molar-refractivity contribution in [3.05, 3.63) is 57.7 Å². The number of nitrogens with zero attached hydrogens (tertiary/aromatic N) is 1. The third kappa shape index (κ3) is 3.96. The number of carbonyl (C=O) groups is 1. The number of carbonyl (C=O) groups excluding carboxylic acids is 1. The number of nitriles is 1. The topological polar surface area (TPSA) is 62.1 Å². The lowest BCUT2D eigenvalue weighted by Gasteiger charge is -2.07. The number of ether oxygens (including phenoxy) is 1. The summed E-state index contributed by atoms with van der Waals surface area (Å²) in [4.78, 5) is 12.0. The number of anilines is 1. The van der Waals surface area contributed by atoms with E-state index in [1.54, 1.807) is 36.4 Å². The maximum atomic E-state index is 12.0. The molecule has 0 radical (unpaired) electrons. The van der Waals surface area contributed by atoms with E-state index in [1.807, 2.05) is 18.2 Å². The minimum atomic E-state index is -0.160. The lowest BCUT2D eigenvalue weighted by Crippen LogP contribution is -2.11. The zero-order valence-electron chi connectivity index (χ0n) is 10.5. The van der Waals surface area contributed by atoms with Crippen LogP contribution in [0, 0.1) is 14.9 Å². The lowest BCUT2D eigenvalue weighted by molar-refractivity contribution is 0.102. The molecule has 0 fully saturated rings. The predicted octanol–water partition coefficient (Wildman–Crippen LogP) is 3.45. The van der Waals surface area contributed by atoms with Crippen molar-refractivity contribution in [2.24, 2.45) is 0 Å². The molecule has 0 saturated carbocycles. The smallest absolute Gasteiger partial charge is 0.255 e. The molecule has 20 heavy (non-hydrogen) atoms. The van der Waals surface area contributed by atoms with Gasteiger partial charge in [-0.15, -0.1) is 0 Å². The van der Waals surface area contributed by atoms with Crippen LogP contribution in [-0.4, -0.2) is 12.5 Å². The molecule has 100 valence electrons. The summed E-state index contributed by atoms with van der Waals surface area (Å²) in [7, 11) is 0. The second kappa shape index (κ2) is 6.91. The molecule has 0 aliphatic carbocycles.